The Labute approximate surface area is 74.3 Å². The zero-order chi connectivity index (χ0) is 9.61. The van der Waals surface area contributed by atoms with E-state index in [9.17, 15) is 5.11 Å². The van der Waals surface area contributed by atoms with Crippen molar-refractivity contribution in [2.45, 2.75) is 25.9 Å². The van der Waals surface area contributed by atoms with Crippen molar-refractivity contribution in [3.8, 4) is 0 Å². The molecule has 0 amide bonds. The minimum Gasteiger partial charge on any atom is -0.393 e. The molecule has 0 heterocycles. The molecule has 3 heteroatoms. The highest BCUT2D eigenvalue weighted by molar-refractivity contribution is 4.76. The molecule has 0 saturated heterocycles. The number of rotatable bonds is 6. The third-order valence-electron chi connectivity index (χ3n) is 1.94. The first-order chi connectivity index (χ1) is 5.55. The van der Waals surface area contributed by atoms with E-state index in [1.54, 1.807) is 13.1 Å². The molecule has 0 saturated carbocycles. The number of aliphatic hydroxyl groups excluding tert-OH is 1. The van der Waals surface area contributed by atoms with Crippen LogP contribution in [0.1, 0.15) is 20.3 Å². The molecular weight excluding hydrogens is 154 g/mol. The SMILES string of the molecule is C=CN(CC)CC[C@@](C)(O)CO. The van der Waals surface area contributed by atoms with Gasteiger partial charge in [0.1, 0.15) is 0 Å². The van der Waals surface area contributed by atoms with Gasteiger partial charge in [-0.1, -0.05) is 6.58 Å². The third-order valence-corrected chi connectivity index (χ3v) is 1.94. The first kappa shape index (κ1) is 11.5. The summed E-state index contributed by atoms with van der Waals surface area (Å²) in [4.78, 5) is 1.99. The Bertz CT molecular complexity index is 134. The molecule has 0 spiro atoms. The van der Waals surface area contributed by atoms with Crippen LogP contribution in [0.4, 0.5) is 0 Å². The van der Waals surface area contributed by atoms with Crippen LogP contribution in [0, 0.1) is 0 Å². The van der Waals surface area contributed by atoms with Crippen molar-refractivity contribution in [1.29, 1.82) is 0 Å². The maximum absolute atomic E-state index is 9.45. The van der Waals surface area contributed by atoms with Crippen LogP contribution in [-0.4, -0.2) is 40.4 Å². The summed E-state index contributed by atoms with van der Waals surface area (Å²) >= 11 is 0. The molecule has 0 bridgehead atoms. The minimum absolute atomic E-state index is 0.193. The van der Waals surface area contributed by atoms with E-state index in [2.05, 4.69) is 6.58 Å². The molecule has 3 nitrogen and oxygen atoms in total. The smallest absolute Gasteiger partial charge is 0.0866 e. The van der Waals surface area contributed by atoms with Crippen molar-refractivity contribution < 1.29 is 10.2 Å². The second kappa shape index (κ2) is 5.17. The van der Waals surface area contributed by atoms with Gasteiger partial charge in [-0.25, -0.2) is 0 Å². The highest BCUT2D eigenvalue weighted by Gasteiger charge is 2.18. The van der Waals surface area contributed by atoms with Crippen molar-refractivity contribution in [3.05, 3.63) is 12.8 Å². The molecule has 0 rings (SSSR count). The van der Waals surface area contributed by atoms with E-state index >= 15 is 0 Å². The average molecular weight is 173 g/mol. The van der Waals surface area contributed by atoms with Gasteiger partial charge < -0.3 is 15.1 Å². The van der Waals surface area contributed by atoms with Gasteiger partial charge in [-0.05, 0) is 26.5 Å². The lowest BCUT2D eigenvalue weighted by Gasteiger charge is -2.25. The van der Waals surface area contributed by atoms with Gasteiger partial charge in [0, 0.05) is 13.1 Å². The molecule has 0 aliphatic heterocycles. The molecule has 0 aromatic rings. The van der Waals surface area contributed by atoms with Gasteiger partial charge >= 0.3 is 0 Å². The van der Waals surface area contributed by atoms with E-state index in [0.717, 1.165) is 13.1 Å². The fourth-order valence-electron chi connectivity index (χ4n) is 0.842. The standard InChI is InChI=1S/C9H19NO2/c1-4-10(5-2)7-6-9(3,12)8-11/h4,11-12H,1,5-8H2,2-3H3/t9-/m1/s1. The summed E-state index contributed by atoms with van der Waals surface area (Å²) in [6.07, 6.45) is 2.30. The van der Waals surface area contributed by atoms with Crippen LogP contribution in [-0.2, 0) is 0 Å². The molecule has 2 N–H and O–H groups in total. The Balaban J connectivity index is 3.72. The van der Waals surface area contributed by atoms with Gasteiger partial charge in [-0.2, -0.15) is 0 Å². The normalized spacial score (nSPS) is 15.3. The number of nitrogens with zero attached hydrogens (tertiary/aromatic N) is 1. The lowest BCUT2D eigenvalue weighted by Crippen LogP contribution is -2.33. The number of hydrogen-bond donors (Lipinski definition) is 2. The molecule has 0 aromatic heterocycles. The first-order valence-corrected chi connectivity index (χ1v) is 4.25. The van der Waals surface area contributed by atoms with Gasteiger partial charge in [0.05, 0.1) is 12.2 Å². The number of aliphatic hydroxyl groups is 2. The van der Waals surface area contributed by atoms with Crippen LogP contribution < -0.4 is 0 Å². The summed E-state index contributed by atoms with van der Waals surface area (Å²) in [6, 6.07) is 0. The minimum atomic E-state index is -0.962. The summed E-state index contributed by atoms with van der Waals surface area (Å²) in [7, 11) is 0. The molecule has 0 radical (unpaired) electrons. The Hall–Kier alpha value is -0.540. The summed E-state index contributed by atoms with van der Waals surface area (Å²) in [6.45, 7) is 8.71. The first-order valence-electron chi connectivity index (χ1n) is 4.25. The zero-order valence-electron chi connectivity index (χ0n) is 7.95. The highest BCUT2D eigenvalue weighted by atomic mass is 16.3. The summed E-state index contributed by atoms with van der Waals surface area (Å²) in [5.74, 6) is 0. The molecule has 0 unspecified atom stereocenters. The van der Waals surface area contributed by atoms with Crippen LogP contribution >= 0.6 is 0 Å². The maximum atomic E-state index is 9.45. The number of hydrogen-bond acceptors (Lipinski definition) is 3. The predicted octanol–water partition coefficient (Wildman–Crippen LogP) is 0.585. The van der Waals surface area contributed by atoms with Crippen molar-refractivity contribution in [1.82, 2.24) is 4.90 Å². The van der Waals surface area contributed by atoms with Crippen molar-refractivity contribution in [3.63, 3.8) is 0 Å². The van der Waals surface area contributed by atoms with Crippen LogP contribution in [0.2, 0.25) is 0 Å². The van der Waals surface area contributed by atoms with Crippen molar-refractivity contribution in [2.24, 2.45) is 0 Å². The zero-order valence-corrected chi connectivity index (χ0v) is 7.95. The van der Waals surface area contributed by atoms with Crippen LogP contribution in [0.25, 0.3) is 0 Å². The molecule has 72 valence electrons. The fourth-order valence-corrected chi connectivity index (χ4v) is 0.842. The Morgan fingerprint density at radius 3 is 2.50 bits per heavy atom. The van der Waals surface area contributed by atoms with Crippen LogP contribution in [0.15, 0.2) is 12.8 Å². The van der Waals surface area contributed by atoms with E-state index in [1.165, 1.54) is 0 Å². The molecule has 0 aliphatic rings. The van der Waals surface area contributed by atoms with Gasteiger partial charge in [-0.3, -0.25) is 0 Å². The topological polar surface area (TPSA) is 43.7 Å². The molecular formula is C9H19NO2. The molecule has 1 atom stereocenters. The second-order valence-electron chi connectivity index (χ2n) is 3.22. The van der Waals surface area contributed by atoms with E-state index < -0.39 is 5.60 Å². The monoisotopic (exact) mass is 173 g/mol. The quantitative estimate of drug-likeness (QED) is 0.617. The lowest BCUT2D eigenvalue weighted by molar-refractivity contribution is -0.00926. The molecule has 0 fully saturated rings. The summed E-state index contributed by atoms with van der Waals surface area (Å²) in [5, 5.41) is 18.2. The Morgan fingerprint density at radius 1 is 1.58 bits per heavy atom. The van der Waals surface area contributed by atoms with Gasteiger partial charge in [0.15, 0.2) is 0 Å². The van der Waals surface area contributed by atoms with Crippen molar-refractivity contribution in [2.75, 3.05) is 19.7 Å². The lowest BCUT2D eigenvalue weighted by atomic mass is 10.0. The average Bonchev–Trinajstić information content (AvgIpc) is 2.06. The highest BCUT2D eigenvalue weighted by Crippen LogP contribution is 2.08. The molecule has 12 heavy (non-hydrogen) atoms. The summed E-state index contributed by atoms with van der Waals surface area (Å²) < 4.78 is 0. The van der Waals surface area contributed by atoms with E-state index in [1.807, 2.05) is 11.8 Å². The molecule has 0 aliphatic carbocycles. The van der Waals surface area contributed by atoms with E-state index in [0.29, 0.717) is 6.42 Å². The largest absolute Gasteiger partial charge is 0.393 e. The van der Waals surface area contributed by atoms with Crippen molar-refractivity contribution >= 4 is 0 Å². The molecule has 0 aromatic carbocycles. The Kier molecular flexibility index (Phi) is 4.93. The Morgan fingerprint density at radius 2 is 2.17 bits per heavy atom. The van der Waals surface area contributed by atoms with Crippen LogP contribution in [0.3, 0.4) is 0 Å². The van der Waals surface area contributed by atoms with Gasteiger partial charge in [0.2, 0.25) is 0 Å². The second-order valence-corrected chi connectivity index (χ2v) is 3.22. The summed E-state index contributed by atoms with van der Waals surface area (Å²) in [5.41, 5.74) is -0.962. The third kappa shape index (κ3) is 4.36. The van der Waals surface area contributed by atoms with E-state index in [4.69, 9.17) is 5.11 Å². The van der Waals surface area contributed by atoms with E-state index in [-0.39, 0.29) is 6.61 Å². The maximum Gasteiger partial charge on any atom is 0.0866 e. The predicted molar refractivity (Wildman–Crippen MR) is 49.8 cm³/mol. The van der Waals surface area contributed by atoms with Gasteiger partial charge in [0.25, 0.3) is 0 Å². The van der Waals surface area contributed by atoms with Crippen LogP contribution in [0.5, 0.6) is 0 Å². The van der Waals surface area contributed by atoms with Gasteiger partial charge in [-0.15, -0.1) is 0 Å². The fraction of sp³-hybridized carbons (Fsp3) is 0.778.